The van der Waals surface area contributed by atoms with Crippen LogP contribution >= 0.6 is 0 Å². The van der Waals surface area contributed by atoms with Crippen LogP contribution in [0.25, 0.3) is 0 Å². The summed E-state index contributed by atoms with van der Waals surface area (Å²) in [6.07, 6.45) is 5.98. The molecule has 0 spiro atoms. The Hall–Kier alpha value is -1.59. The largest absolute Gasteiger partial charge is 0.469 e. The Morgan fingerprint density at radius 3 is 2.55 bits per heavy atom. The van der Waals surface area contributed by atoms with E-state index in [4.69, 9.17) is 4.74 Å². The number of ether oxygens (including phenoxy) is 1. The first kappa shape index (κ1) is 14.8. The van der Waals surface area contributed by atoms with Crippen LogP contribution in [-0.2, 0) is 19.1 Å². The van der Waals surface area contributed by atoms with Gasteiger partial charge in [-0.1, -0.05) is 19.3 Å². The number of carbonyl (C=O) groups excluding carboxylic acids is 3. The zero-order valence-corrected chi connectivity index (χ0v) is 11.8. The molecule has 6 heteroatoms. The molecule has 2 unspecified atom stereocenters. The molecule has 1 aliphatic heterocycles. The lowest BCUT2D eigenvalue weighted by Gasteiger charge is -2.33. The third-order valence-corrected chi connectivity index (χ3v) is 4.20. The zero-order valence-electron chi connectivity index (χ0n) is 11.8. The second-order valence-corrected chi connectivity index (χ2v) is 5.62. The summed E-state index contributed by atoms with van der Waals surface area (Å²) in [5.41, 5.74) is 0. The quantitative estimate of drug-likeness (QED) is 0.568. The van der Waals surface area contributed by atoms with E-state index in [9.17, 15) is 14.4 Å². The normalized spacial score (nSPS) is 24.2. The molecule has 1 saturated carbocycles. The molecule has 2 N–H and O–H groups in total. The third-order valence-electron chi connectivity index (χ3n) is 4.20. The highest BCUT2D eigenvalue weighted by Crippen LogP contribution is 2.28. The van der Waals surface area contributed by atoms with Crippen molar-refractivity contribution in [3.05, 3.63) is 0 Å². The maximum absolute atomic E-state index is 12.0. The van der Waals surface area contributed by atoms with Crippen LogP contribution in [0.3, 0.4) is 0 Å². The van der Waals surface area contributed by atoms with Crippen LogP contribution in [0.2, 0.25) is 0 Å². The van der Waals surface area contributed by atoms with Crippen molar-refractivity contribution in [2.24, 2.45) is 5.92 Å². The Morgan fingerprint density at radius 2 is 2.00 bits per heavy atom. The van der Waals surface area contributed by atoms with Crippen molar-refractivity contribution in [3.63, 3.8) is 0 Å². The molecule has 2 aliphatic rings. The minimum Gasteiger partial charge on any atom is -0.469 e. The molecule has 2 amide bonds. The lowest BCUT2D eigenvalue weighted by Crippen LogP contribution is -2.59. The van der Waals surface area contributed by atoms with Gasteiger partial charge in [0.15, 0.2) is 0 Å². The number of rotatable bonds is 5. The van der Waals surface area contributed by atoms with Crippen LogP contribution in [-0.4, -0.2) is 37.0 Å². The third kappa shape index (κ3) is 3.71. The summed E-state index contributed by atoms with van der Waals surface area (Å²) in [7, 11) is 1.36. The number of carbonyl (C=O) groups is 3. The Bertz CT molecular complexity index is 383. The second-order valence-electron chi connectivity index (χ2n) is 5.62. The summed E-state index contributed by atoms with van der Waals surface area (Å²) in [5.74, 6) is -0.280. The topological polar surface area (TPSA) is 84.5 Å². The summed E-state index contributed by atoms with van der Waals surface area (Å²) >= 11 is 0. The smallest absolute Gasteiger partial charge is 0.307 e. The van der Waals surface area contributed by atoms with Gasteiger partial charge in [-0.2, -0.15) is 0 Å². The van der Waals surface area contributed by atoms with Gasteiger partial charge in [0.2, 0.25) is 11.8 Å². The Balaban J connectivity index is 1.92. The average molecular weight is 282 g/mol. The van der Waals surface area contributed by atoms with Crippen LogP contribution in [0, 0.1) is 5.92 Å². The van der Waals surface area contributed by atoms with E-state index >= 15 is 0 Å². The predicted octanol–water partition coefficient (Wildman–Crippen LogP) is 0.503. The van der Waals surface area contributed by atoms with E-state index in [1.54, 1.807) is 0 Å². The summed E-state index contributed by atoms with van der Waals surface area (Å²) in [6, 6.07) is -0.626. The molecule has 1 aliphatic carbocycles. The van der Waals surface area contributed by atoms with E-state index in [0.29, 0.717) is 5.92 Å². The number of nitrogens with one attached hydrogen (secondary N) is 2. The van der Waals surface area contributed by atoms with E-state index in [-0.39, 0.29) is 36.7 Å². The molecule has 2 atom stereocenters. The van der Waals surface area contributed by atoms with Crippen molar-refractivity contribution in [1.29, 1.82) is 0 Å². The Labute approximate surface area is 118 Å². The lowest BCUT2D eigenvalue weighted by atomic mass is 9.82. The van der Waals surface area contributed by atoms with Crippen LogP contribution in [0.4, 0.5) is 0 Å². The standard InChI is InChI=1S/C14H22N2O4/c1-20-13(18)8-10(9-5-3-2-4-6-9)16-14(19)11-7-12(17)15-11/h9-11H,2-8H2,1H3,(H,15,17)(H,16,19). The van der Waals surface area contributed by atoms with Crippen molar-refractivity contribution in [3.8, 4) is 0 Å². The van der Waals surface area contributed by atoms with Gasteiger partial charge in [-0.05, 0) is 18.8 Å². The van der Waals surface area contributed by atoms with Crippen LogP contribution in [0.15, 0.2) is 0 Å². The number of hydrogen-bond donors (Lipinski definition) is 2. The highest BCUT2D eigenvalue weighted by atomic mass is 16.5. The summed E-state index contributed by atoms with van der Waals surface area (Å²) in [4.78, 5) is 34.4. The first-order chi connectivity index (χ1) is 9.60. The van der Waals surface area contributed by atoms with Gasteiger partial charge in [0.05, 0.1) is 20.0 Å². The first-order valence-electron chi connectivity index (χ1n) is 7.26. The fourth-order valence-corrected chi connectivity index (χ4v) is 2.94. The van der Waals surface area contributed by atoms with Gasteiger partial charge in [0.1, 0.15) is 6.04 Å². The molecule has 0 aromatic heterocycles. The van der Waals surface area contributed by atoms with Crippen LogP contribution in [0.1, 0.15) is 44.9 Å². The SMILES string of the molecule is COC(=O)CC(NC(=O)C1CC(=O)N1)C1CCCCC1. The van der Waals surface area contributed by atoms with Crippen molar-refractivity contribution in [2.45, 2.75) is 57.0 Å². The van der Waals surface area contributed by atoms with E-state index < -0.39 is 6.04 Å². The molecule has 20 heavy (non-hydrogen) atoms. The maximum atomic E-state index is 12.0. The van der Waals surface area contributed by atoms with Gasteiger partial charge in [-0.15, -0.1) is 0 Å². The second kappa shape index (κ2) is 6.72. The highest BCUT2D eigenvalue weighted by molar-refractivity contribution is 5.97. The van der Waals surface area contributed by atoms with Crippen molar-refractivity contribution < 1.29 is 19.1 Å². The summed E-state index contributed by atoms with van der Waals surface area (Å²) in [5, 5.41) is 5.47. The number of β-lactam (4-membered cyclic amide) rings is 1. The molecule has 6 nitrogen and oxygen atoms in total. The van der Waals surface area contributed by atoms with Gasteiger partial charge in [0.25, 0.3) is 0 Å². The van der Waals surface area contributed by atoms with Gasteiger partial charge >= 0.3 is 5.97 Å². The van der Waals surface area contributed by atoms with Gasteiger partial charge in [-0.3, -0.25) is 14.4 Å². The van der Waals surface area contributed by atoms with Crippen molar-refractivity contribution >= 4 is 17.8 Å². The molecule has 0 aromatic rings. The number of amides is 2. The Morgan fingerprint density at radius 1 is 1.35 bits per heavy atom. The molecule has 1 heterocycles. The maximum Gasteiger partial charge on any atom is 0.307 e. The summed E-state index contributed by atoms with van der Waals surface area (Å²) in [6.45, 7) is 0. The molecule has 2 fully saturated rings. The van der Waals surface area contributed by atoms with Gasteiger partial charge in [-0.25, -0.2) is 0 Å². The molecular weight excluding hydrogens is 260 g/mol. The van der Waals surface area contributed by atoms with E-state index in [1.165, 1.54) is 13.5 Å². The van der Waals surface area contributed by atoms with Crippen LogP contribution < -0.4 is 10.6 Å². The minimum atomic E-state index is -0.439. The van der Waals surface area contributed by atoms with E-state index in [0.717, 1.165) is 25.7 Å². The lowest BCUT2D eigenvalue weighted by molar-refractivity contribution is -0.143. The first-order valence-corrected chi connectivity index (χ1v) is 7.26. The van der Waals surface area contributed by atoms with Crippen LogP contribution in [0.5, 0.6) is 0 Å². The molecule has 112 valence electrons. The zero-order chi connectivity index (χ0) is 14.5. The number of methoxy groups -OCH3 is 1. The van der Waals surface area contributed by atoms with Gasteiger partial charge < -0.3 is 15.4 Å². The fourth-order valence-electron chi connectivity index (χ4n) is 2.94. The monoisotopic (exact) mass is 282 g/mol. The number of hydrogen-bond acceptors (Lipinski definition) is 4. The average Bonchev–Trinajstić information content (AvgIpc) is 2.43. The molecule has 0 bridgehead atoms. The highest BCUT2D eigenvalue weighted by Gasteiger charge is 2.35. The molecule has 0 aromatic carbocycles. The molecular formula is C14H22N2O4. The summed E-state index contributed by atoms with van der Waals surface area (Å²) < 4.78 is 4.71. The predicted molar refractivity (Wildman–Crippen MR) is 71.7 cm³/mol. The fraction of sp³-hybridized carbons (Fsp3) is 0.786. The minimum absolute atomic E-state index is 0.104. The van der Waals surface area contributed by atoms with Crippen molar-refractivity contribution in [1.82, 2.24) is 10.6 Å². The number of esters is 1. The Kier molecular flexibility index (Phi) is 4.98. The van der Waals surface area contributed by atoms with Crippen molar-refractivity contribution in [2.75, 3.05) is 7.11 Å². The molecule has 1 saturated heterocycles. The molecule has 2 rings (SSSR count). The van der Waals surface area contributed by atoms with E-state index in [1.807, 2.05) is 0 Å². The molecule has 0 radical (unpaired) electrons. The van der Waals surface area contributed by atoms with E-state index in [2.05, 4.69) is 10.6 Å². The van der Waals surface area contributed by atoms with Gasteiger partial charge in [0, 0.05) is 6.04 Å².